The van der Waals surface area contributed by atoms with Gasteiger partial charge < -0.3 is 10.1 Å². The van der Waals surface area contributed by atoms with Crippen LogP contribution in [0.15, 0.2) is 12.1 Å². The van der Waals surface area contributed by atoms with Crippen molar-refractivity contribution in [1.29, 1.82) is 0 Å². The fourth-order valence-electron chi connectivity index (χ4n) is 2.27. The summed E-state index contributed by atoms with van der Waals surface area (Å²) in [6.45, 7) is 2.22. The molecule has 1 aliphatic heterocycles. The Morgan fingerprint density at radius 3 is 2.40 bits per heavy atom. The van der Waals surface area contributed by atoms with E-state index < -0.39 is 29.5 Å². The summed E-state index contributed by atoms with van der Waals surface area (Å²) in [6, 6.07) is 0.0917. The highest BCUT2D eigenvalue weighted by atomic mass is 19.2. The van der Waals surface area contributed by atoms with Gasteiger partial charge in [0.2, 0.25) is 0 Å². The van der Waals surface area contributed by atoms with Crippen LogP contribution in [0.1, 0.15) is 11.6 Å². The van der Waals surface area contributed by atoms with Gasteiger partial charge in [0.05, 0.1) is 7.11 Å². The molecular weight excluding hydrogens is 273 g/mol. The summed E-state index contributed by atoms with van der Waals surface area (Å²) in [6.07, 6.45) is 0. The second-order valence-electron chi connectivity index (χ2n) is 4.50. The number of hydrogen-bond acceptors (Lipinski definition) is 4. The molecule has 0 radical (unpaired) electrons. The van der Waals surface area contributed by atoms with Gasteiger partial charge in [0.1, 0.15) is 11.9 Å². The number of rotatable bonds is 3. The lowest BCUT2D eigenvalue weighted by molar-refractivity contribution is -0.147. The Kier molecular flexibility index (Phi) is 4.61. The Hall–Kier alpha value is -1.60. The van der Waals surface area contributed by atoms with E-state index in [9.17, 15) is 18.0 Å². The number of hydrogen-bond donors (Lipinski definition) is 1. The van der Waals surface area contributed by atoms with Crippen molar-refractivity contribution in [2.24, 2.45) is 0 Å². The molecule has 0 saturated carbocycles. The van der Waals surface area contributed by atoms with E-state index in [4.69, 9.17) is 0 Å². The molecule has 1 aliphatic rings. The summed E-state index contributed by atoms with van der Waals surface area (Å²) in [7, 11) is 1.18. The molecule has 1 saturated heterocycles. The molecule has 1 N–H and O–H groups in total. The van der Waals surface area contributed by atoms with Crippen LogP contribution in [-0.2, 0) is 9.53 Å². The van der Waals surface area contributed by atoms with Crippen LogP contribution in [0.2, 0.25) is 0 Å². The zero-order valence-corrected chi connectivity index (χ0v) is 11.0. The molecule has 0 aliphatic carbocycles. The summed E-state index contributed by atoms with van der Waals surface area (Å²) in [5, 5.41) is 3.09. The first kappa shape index (κ1) is 14.8. The van der Waals surface area contributed by atoms with Gasteiger partial charge in [-0.3, -0.25) is 4.90 Å². The molecule has 7 heteroatoms. The molecular formula is C13H15F3N2O2. The Morgan fingerprint density at radius 1 is 1.20 bits per heavy atom. The van der Waals surface area contributed by atoms with Crippen LogP contribution in [-0.4, -0.2) is 44.2 Å². The maximum atomic E-state index is 13.9. The van der Waals surface area contributed by atoms with Crippen LogP contribution >= 0.6 is 0 Å². The summed E-state index contributed by atoms with van der Waals surface area (Å²) < 4.78 is 44.9. The van der Waals surface area contributed by atoms with E-state index in [1.807, 2.05) is 0 Å². The molecule has 1 unspecified atom stereocenters. The Balaban J connectivity index is 2.40. The zero-order chi connectivity index (χ0) is 14.7. The van der Waals surface area contributed by atoms with E-state index >= 15 is 0 Å². The topological polar surface area (TPSA) is 41.6 Å². The van der Waals surface area contributed by atoms with Crippen LogP contribution in [0.4, 0.5) is 13.2 Å². The van der Waals surface area contributed by atoms with Crippen LogP contribution in [0, 0.1) is 17.5 Å². The highest BCUT2D eigenvalue weighted by molar-refractivity contribution is 5.77. The van der Waals surface area contributed by atoms with E-state index in [0.717, 1.165) is 0 Å². The SMILES string of the molecule is COC(=O)C(c1cc(F)c(F)cc1F)N1CCNCC1. The van der Waals surface area contributed by atoms with Gasteiger partial charge >= 0.3 is 5.97 Å². The van der Waals surface area contributed by atoms with Gasteiger partial charge in [0.15, 0.2) is 11.6 Å². The minimum atomic E-state index is -1.28. The number of nitrogens with one attached hydrogen (secondary N) is 1. The smallest absolute Gasteiger partial charge is 0.327 e. The number of nitrogens with zero attached hydrogens (tertiary/aromatic N) is 1. The molecule has 1 heterocycles. The lowest BCUT2D eigenvalue weighted by Crippen LogP contribution is -2.47. The Bertz CT molecular complexity index is 505. The van der Waals surface area contributed by atoms with E-state index in [2.05, 4.69) is 10.1 Å². The average Bonchev–Trinajstić information content (AvgIpc) is 2.45. The summed E-state index contributed by atoms with van der Waals surface area (Å²) in [5.74, 6) is -4.13. The molecule has 1 aromatic rings. The van der Waals surface area contributed by atoms with Crippen molar-refractivity contribution in [1.82, 2.24) is 10.2 Å². The molecule has 2 rings (SSSR count). The minimum Gasteiger partial charge on any atom is -0.468 e. The normalized spacial score (nSPS) is 17.8. The largest absolute Gasteiger partial charge is 0.468 e. The highest BCUT2D eigenvalue weighted by Crippen LogP contribution is 2.27. The monoisotopic (exact) mass is 288 g/mol. The molecule has 110 valence electrons. The standard InChI is InChI=1S/C13H15F3N2O2/c1-20-13(19)12(18-4-2-17-3-5-18)8-6-10(15)11(16)7-9(8)14/h6-7,12,17H,2-5H2,1H3. The third-order valence-corrected chi connectivity index (χ3v) is 3.28. The van der Waals surface area contributed by atoms with E-state index in [1.165, 1.54) is 7.11 Å². The van der Waals surface area contributed by atoms with Crippen molar-refractivity contribution in [2.45, 2.75) is 6.04 Å². The number of methoxy groups -OCH3 is 1. The van der Waals surface area contributed by atoms with E-state index in [0.29, 0.717) is 38.3 Å². The molecule has 4 nitrogen and oxygen atoms in total. The fourth-order valence-corrected chi connectivity index (χ4v) is 2.27. The summed E-state index contributed by atoms with van der Waals surface area (Å²) in [4.78, 5) is 13.6. The Labute approximate surface area is 114 Å². The number of esters is 1. The van der Waals surface area contributed by atoms with Crippen LogP contribution < -0.4 is 5.32 Å². The number of benzene rings is 1. The molecule has 1 atom stereocenters. The van der Waals surface area contributed by atoms with Crippen molar-refractivity contribution in [3.05, 3.63) is 35.1 Å². The van der Waals surface area contributed by atoms with Crippen LogP contribution in [0.5, 0.6) is 0 Å². The maximum absolute atomic E-state index is 13.9. The van der Waals surface area contributed by atoms with Crippen molar-refractivity contribution in [3.8, 4) is 0 Å². The number of halogens is 3. The fraction of sp³-hybridized carbons (Fsp3) is 0.462. The highest BCUT2D eigenvalue weighted by Gasteiger charge is 2.32. The first-order valence-electron chi connectivity index (χ1n) is 6.21. The van der Waals surface area contributed by atoms with Gasteiger partial charge in [-0.1, -0.05) is 0 Å². The number of ether oxygens (including phenoxy) is 1. The predicted molar refractivity (Wildman–Crippen MR) is 65.5 cm³/mol. The van der Waals surface area contributed by atoms with Crippen molar-refractivity contribution < 1.29 is 22.7 Å². The molecule has 0 spiro atoms. The first-order valence-corrected chi connectivity index (χ1v) is 6.21. The second kappa shape index (κ2) is 6.23. The number of carbonyl (C=O) groups excluding carboxylic acids is 1. The van der Waals surface area contributed by atoms with Gasteiger partial charge in [0, 0.05) is 37.8 Å². The number of piperazine rings is 1. The maximum Gasteiger partial charge on any atom is 0.327 e. The van der Waals surface area contributed by atoms with Crippen molar-refractivity contribution in [3.63, 3.8) is 0 Å². The lowest BCUT2D eigenvalue weighted by Gasteiger charge is -2.33. The molecule has 0 amide bonds. The van der Waals surface area contributed by atoms with Crippen molar-refractivity contribution >= 4 is 5.97 Å². The van der Waals surface area contributed by atoms with Gasteiger partial charge in [-0.2, -0.15) is 0 Å². The molecule has 0 aromatic heterocycles. The predicted octanol–water partition coefficient (Wildman–Crippen LogP) is 1.22. The minimum absolute atomic E-state index is 0.211. The first-order chi connectivity index (χ1) is 9.54. The average molecular weight is 288 g/mol. The quantitative estimate of drug-likeness (QED) is 0.671. The lowest BCUT2D eigenvalue weighted by atomic mass is 10.0. The summed E-state index contributed by atoms with van der Waals surface area (Å²) >= 11 is 0. The third kappa shape index (κ3) is 2.94. The molecule has 0 bridgehead atoms. The van der Waals surface area contributed by atoms with Gasteiger partial charge in [-0.15, -0.1) is 0 Å². The molecule has 1 fully saturated rings. The summed E-state index contributed by atoms with van der Waals surface area (Å²) in [5.41, 5.74) is -0.211. The van der Waals surface area contributed by atoms with E-state index in [-0.39, 0.29) is 5.56 Å². The van der Waals surface area contributed by atoms with Crippen LogP contribution in [0.25, 0.3) is 0 Å². The van der Waals surface area contributed by atoms with E-state index in [1.54, 1.807) is 4.90 Å². The van der Waals surface area contributed by atoms with Gasteiger partial charge in [-0.05, 0) is 6.07 Å². The second-order valence-corrected chi connectivity index (χ2v) is 4.50. The van der Waals surface area contributed by atoms with Crippen molar-refractivity contribution in [2.75, 3.05) is 33.3 Å². The third-order valence-electron chi connectivity index (χ3n) is 3.28. The van der Waals surface area contributed by atoms with Gasteiger partial charge in [-0.25, -0.2) is 18.0 Å². The zero-order valence-electron chi connectivity index (χ0n) is 11.0. The van der Waals surface area contributed by atoms with Crippen LogP contribution in [0.3, 0.4) is 0 Å². The van der Waals surface area contributed by atoms with Gasteiger partial charge in [0.25, 0.3) is 0 Å². The Morgan fingerprint density at radius 2 is 1.80 bits per heavy atom. The number of carbonyl (C=O) groups is 1. The molecule has 20 heavy (non-hydrogen) atoms. The molecule has 1 aromatic carbocycles.